The zero-order chi connectivity index (χ0) is 21.5. The van der Waals surface area contributed by atoms with Gasteiger partial charge in [0.15, 0.2) is 5.43 Å². The molecule has 1 aromatic heterocycles. The van der Waals surface area contributed by atoms with Crippen LogP contribution in [-0.2, 0) is 11.2 Å². The molecule has 0 radical (unpaired) electrons. The lowest BCUT2D eigenvalue weighted by molar-refractivity contribution is 0.0998. The number of carbonyl (C=O) groups is 1. The standard InChI is InChI=1S/C22H23ClN2O5/c1-22(4-5-22)20-9-13-8-19(30-7-3-6-29-2)16(23)10-14(13)17-11-18(26)15(12-25(17)20)21(27)24-28/h8,10-12,20H,3-7,9H2,1-2H3. The summed E-state index contributed by atoms with van der Waals surface area (Å²) < 4.78 is 12.8. The zero-order valence-electron chi connectivity index (χ0n) is 16.9. The fourth-order valence-electron chi connectivity index (χ4n) is 4.15. The van der Waals surface area contributed by atoms with Crippen LogP contribution in [0.3, 0.4) is 0 Å². The summed E-state index contributed by atoms with van der Waals surface area (Å²) in [7, 11) is 1.65. The molecule has 1 fully saturated rings. The molecular formula is C22H23ClN2O5. The molecule has 1 aliphatic carbocycles. The van der Waals surface area contributed by atoms with E-state index in [1.165, 1.54) is 12.3 Å². The van der Waals surface area contributed by atoms with Crippen LogP contribution in [0.4, 0.5) is 0 Å². The zero-order valence-corrected chi connectivity index (χ0v) is 17.7. The second-order valence-corrected chi connectivity index (χ2v) is 8.66. The fourth-order valence-corrected chi connectivity index (χ4v) is 4.37. The summed E-state index contributed by atoms with van der Waals surface area (Å²) in [4.78, 5) is 35.1. The summed E-state index contributed by atoms with van der Waals surface area (Å²) in [6, 6.07) is 5.22. The highest BCUT2D eigenvalue weighted by atomic mass is 35.5. The third-order valence-corrected chi connectivity index (χ3v) is 6.46. The SMILES string of the molecule is COCCCOc1cc2c(cc1Cl)-c1cc(=O)c(C(=O)N=O)cn1C(C1(C)CC1)C2. The number of methoxy groups -OCH3 is 1. The van der Waals surface area contributed by atoms with Crippen LogP contribution in [0.1, 0.15) is 48.1 Å². The van der Waals surface area contributed by atoms with Gasteiger partial charge in [-0.2, -0.15) is 0 Å². The molecule has 2 aromatic rings. The van der Waals surface area contributed by atoms with Gasteiger partial charge >= 0.3 is 5.91 Å². The first-order valence-corrected chi connectivity index (χ1v) is 10.3. The van der Waals surface area contributed by atoms with E-state index in [-0.39, 0.29) is 17.0 Å². The Labute approximate surface area is 178 Å². The first-order valence-electron chi connectivity index (χ1n) is 9.96. The van der Waals surface area contributed by atoms with Gasteiger partial charge < -0.3 is 14.0 Å². The minimum atomic E-state index is -1.04. The van der Waals surface area contributed by atoms with Crippen LogP contribution in [-0.4, -0.2) is 30.8 Å². The van der Waals surface area contributed by atoms with Crippen molar-refractivity contribution in [3.63, 3.8) is 0 Å². The van der Waals surface area contributed by atoms with Gasteiger partial charge in [-0.1, -0.05) is 18.5 Å². The van der Waals surface area contributed by atoms with Crippen molar-refractivity contribution in [1.29, 1.82) is 0 Å². The number of halogens is 1. The summed E-state index contributed by atoms with van der Waals surface area (Å²) >= 11 is 6.47. The van der Waals surface area contributed by atoms with Crippen molar-refractivity contribution in [2.45, 2.75) is 38.6 Å². The molecule has 1 saturated carbocycles. The Bertz CT molecular complexity index is 1070. The van der Waals surface area contributed by atoms with Gasteiger partial charge in [0.2, 0.25) is 0 Å². The minimum Gasteiger partial charge on any atom is -0.492 e. The second-order valence-electron chi connectivity index (χ2n) is 8.25. The van der Waals surface area contributed by atoms with Crippen molar-refractivity contribution in [3.05, 3.63) is 55.7 Å². The van der Waals surface area contributed by atoms with Gasteiger partial charge in [0.25, 0.3) is 0 Å². The monoisotopic (exact) mass is 430 g/mol. The number of fused-ring (bicyclic) bond motifs is 3. The van der Waals surface area contributed by atoms with Crippen molar-refractivity contribution < 1.29 is 14.3 Å². The van der Waals surface area contributed by atoms with E-state index in [0.29, 0.717) is 29.7 Å². The Hall–Kier alpha value is -2.51. The van der Waals surface area contributed by atoms with Crippen LogP contribution >= 0.6 is 11.6 Å². The molecule has 2 aliphatic rings. The van der Waals surface area contributed by atoms with Crippen molar-refractivity contribution >= 4 is 17.5 Å². The summed E-state index contributed by atoms with van der Waals surface area (Å²) in [6.45, 7) is 3.30. The first kappa shape index (κ1) is 20.8. The van der Waals surface area contributed by atoms with Crippen molar-refractivity contribution in [2.24, 2.45) is 10.6 Å². The third-order valence-electron chi connectivity index (χ3n) is 6.17. The summed E-state index contributed by atoms with van der Waals surface area (Å²) in [5.41, 5.74) is 1.92. The normalized spacial score (nSPS) is 18.3. The number of rotatable bonds is 7. The number of pyridine rings is 1. The van der Waals surface area contributed by atoms with Crippen LogP contribution < -0.4 is 10.2 Å². The Kier molecular flexibility index (Phi) is 5.51. The molecule has 158 valence electrons. The number of amides is 1. The summed E-state index contributed by atoms with van der Waals surface area (Å²) in [5, 5.41) is 2.89. The molecule has 30 heavy (non-hydrogen) atoms. The first-order chi connectivity index (χ1) is 14.4. The minimum absolute atomic E-state index is 0.0568. The van der Waals surface area contributed by atoms with Crippen LogP contribution in [0, 0.1) is 10.3 Å². The van der Waals surface area contributed by atoms with E-state index < -0.39 is 11.3 Å². The Balaban J connectivity index is 1.79. The number of nitrogens with zero attached hydrogens (tertiary/aromatic N) is 2. The molecule has 1 amide bonds. The molecule has 0 spiro atoms. The smallest absolute Gasteiger partial charge is 0.322 e. The molecule has 1 aromatic carbocycles. The molecule has 1 unspecified atom stereocenters. The van der Waals surface area contributed by atoms with E-state index in [2.05, 4.69) is 12.1 Å². The molecule has 4 rings (SSSR count). The van der Waals surface area contributed by atoms with Gasteiger partial charge in [0.1, 0.15) is 11.3 Å². The Morgan fingerprint density at radius 1 is 1.30 bits per heavy atom. The maximum atomic E-state index is 12.5. The third kappa shape index (κ3) is 3.68. The average Bonchev–Trinajstić information content (AvgIpc) is 3.48. The maximum Gasteiger partial charge on any atom is 0.322 e. The van der Waals surface area contributed by atoms with E-state index in [1.54, 1.807) is 13.2 Å². The summed E-state index contributed by atoms with van der Waals surface area (Å²) in [5.74, 6) is -0.433. The molecule has 8 heteroatoms. The fraction of sp³-hybridized carbons (Fsp3) is 0.455. The molecular weight excluding hydrogens is 408 g/mol. The van der Waals surface area contributed by atoms with Gasteiger partial charge in [-0.15, -0.1) is 4.91 Å². The van der Waals surface area contributed by atoms with Gasteiger partial charge in [-0.25, -0.2) is 0 Å². The highest BCUT2D eigenvalue weighted by Crippen LogP contribution is 2.57. The quantitative estimate of drug-likeness (QED) is 0.480. The van der Waals surface area contributed by atoms with Gasteiger partial charge in [-0.05, 0) is 42.4 Å². The van der Waals surface area contributed by atoms with Crippen LogP contribution in [0.5, 0.6) is 5.75 Å². The molecule has 0 N–H and O–H groups in total. The molecule has 1 atom stereocenters. The van der Waals surface area contributed by atoms with Crippen LogP contribution in [0.2, 0.25) is 5.02 Å². The van der Waals surface area contributed by atoms with Crippen LogP contribution in [0.25, 0.3) is 11.3 Å². The van der Waals surface area contributed by atoms with Gasteiger partial charge in [-0.3, -0.25) is 9.59 Å². The topological polar surface area (TPSA) is 87.0 Å². The predicted molar refractivity (Wildman–Crippen MR) is 113 cm³/mol. The van der Waals surface area contributed by atoms with Crippen molar-refractivity contribution in [2.75, 3.05) is 20.3 Å². The lowest BCUT2D eigenvalue weighted by Crippen LogP contribution is -2.29. The van der Waals surface area contributed by atoms with Gasteiger partial charge in [0.05, 0.1) is 17.3 Å². The maximum absolute atomic E-state index is 12.5. The lowest BCUT2D eigenvalue weighted by atomic mass is 9.85. The predicted octanol–water partition coefficient (Wildman–Crippen LogP) is 4.39. The highest BCUT2D eigenvalue weighted by Gasteiger charge is 2.47. The van der Waals surface area contributed by atoms with E-state index in [9.17, 15) is 14.5 Å². The highest BCUT2D eigenvalue weighted by molar-refractivity contribution is 6.32. The molecule has 0 bridgehead atoms. The number of hydrogen-bond donors (Lipinski definition) is 0. The average molecular weight is 431 g/mol. The number of aromatic nitrogens is 1. The Morgan fingerprint density at radius 2 is 2.07 bits per heavy atom. The van der Waals surface area contributed by atoms with E-state index >= 15 is 0 Å². The van der Waals surface area contributed by atoms with E-state index in [4.69, 9.17) is 21.1 Å². The largest absolute Gasteiger partial charge is 0.492 e. The number of carbonyl (C=O) groups excluding carboxylic acids is 1. The van der Waals surface area contributed by atoms with Crippen molar-refractivity contribution in [3.8, 4) is 17.0 Å². The molecule has 1 aliphatic heterocycles. The van der Waals surface area contributed by atoms with Gasteiger partial charge in [0, 0.05) is 49.2 Å². The van der Waals surface area contributed by atoms with Crippen LogP contribution in [0.15, 0.2) is 34.4 Å². The Morgan fingerprint density at radius 3 is 2.73 bits per heavy atom. The number of nitroso groups, excluding NO2 is 1. The lowest BCUT2D eigenvalue weighted by Gasteiger charge is -2.35. The van der Waals surface area contributed by atoms with E-state index in [1.807, 2.05) is 10.6 Å². The van der Waals surface area contributed by atoms with Crippen molar-refractivity contribution in [1.82, 2.24) is 4.57 Å². The molecule has 2 heterocycles. The second kappa shape index (κ2) is 7.96. The number of ether oxygens (including phenoxy) is 2. The summed E-state index contributed by atoms with van der Waals surface area (Å²) in [6.07, 6.45) is 5.07. The number of benzene rings is 1. The molecule has 0 saturated heterocycles. The van der Waals surface area contributed by atoms with E-state index in [0.717, 1.165) is 36.8 Å². The molecule has 7 nitrogen and oxygen atoms in total. The number of hydrogen-bond acceptors (Lipinski definition) is 5.